The maximum absolute atomic E-state index is 13.3. The molecule has 0 radical (unpaired) electrons. The fourth-order valence-corrected chi connectivity index (χ4v) is 3.86. The molecular formula is C9H6FIS2. The van der Waals surface area contributed by atoms with E-state index in [1.807, 2.05) is 18.4 Å². The summed E-state index contributed by atoms with van der Waals surface area (Å²) in [7, 11) is 0. The number of thioether (sulfide) groups is 1. The number of halogens is 2. The zero-order valence-corrected chi connectivity index (χ0v) is 10.6. The molecule has 2 aromatic rings. The molecule has 1 aromatic heterocycles. The largest absolute Gasteiger partial charge is 0.205 e. The van der Waals surface area contributed by atoms with Gasteiger partial charge in [-0.15, -0.1) is 23.1 Å². The highest BCUT2D eigenvalue weighted by Crippen LogP contribution is 2.34. The molecule has 0 fully saturated rings. The molecule has 13 heavy (non-hydrogen) atoms. The molecule has 0 aliphatic rings. The molecule has 2 rings (SSSR count). The van der Waals surface area contributed by atoms with Crippen molar-refractivity contribution < 1.29 is 4.39 Å². The van der Waals surface area contributed by atoms with E-state index >= 15 is 0 Å². The highest BCUT2D eigenvalue weighted by molar-refractivity contribution is 14.1. The highest BCUT2D eigenvalue weighted by atomic mass is 127. The minimum Gasteiger partial charge on any atom is -0.205 e. The summed E-state index contributed by atoms with van der Waals surface area (Å²) < 4.78 is 15.5. The molecule has 1 aromatic carbocycles. The first-order chi connectivity index (χ1) is 6.22. The van der Waals surface area contributed by atoms with E-state index in [1.165, 1.54) is 11.3 Å². The average Bonchev–Trinajstić information content (AvgIpc) is 2.46. The minimum atomic E-state index is -0.0965. The second kappa shape index (κ2) is 3.74. The van der Waals surface area contributed by atoms with Crippen molar-refractivity contribution in [2.75, 3.05) is 6.26 Å². The van der Waals surface area contributed by atoms with Crippen LogP contribution in [-0.2, 0) is 0 Å². The topological polar surface area (TPSA) is 0 Å². The third kappa shape index (κ3) is 1.71. The fourth-order valence-electron chi connectivity index (χ4n) is 1.22. The Labute approximate surface area is 97.7 Å². The predicted molar refractivity (Wildman–Crippen MR) is 66.3 cm³/mol. The van der Waals surface area contributed by atoms with Gasteiger partial charge in [-0.3, -0.25) is 0 Å². The van der Waals surface area contributed by atoms with Gasteiger partial charge in [0.05, 0.1) is 0 Å². The number of thiophene rings is 1. The van der Waals surface area contributed by atoms with E-state index in [0.29, 0.717) is 0 Å². The standard InChI is InChI=1S/C9H6FIS2/c1-12-7-2-5(11)3-8-9(7)6(10)4-13-8/h2-4H,1H3. The molecule has 0 atom stereocenters. The third-order valence-electron chi connectivity index (χ3n) is 1.78. The SMILES string of the molecule is CSc1cc(I)cc2scc(F)c12. The number of rotatable bonds is 1. The van der Waals surface area contributed by atoms with Crippen molar-refractivity contribution in [1.29, 1.82) is 0 Å². The van der Waals surface area contributed by atoms with E-state index in [1.54, 1.807) is 17.1 Å². The van der Waals surface area contributed by atoms with E-state index in [0.717, 1.165) is 18.6 Å². The van der Waals surface area contributed by atoms with Crippen LogP contribution in [0.5, 0.6) is 0 Å². The van der Waals surface area contributed by atoms with E-state index in [9.17, 15) is 4.39 Å². The summed E-state index contributed by atoms with van der Waals surface area (Å²) in [6.07, 6.45) is 1.97. The Morgan fingerprint density at radius 3 is 2.92 bits per heavy atom. The highest BCUT2D eigenvalue weighted by Gasteiger charge is 2.08. The minimum absolute atomic E-state index is 0.0965. The molecule has 0 amide bonds. The summed E-state index contributed by atoms with van der Waals surface area (Å²) in [5.41, 5.74) is 0. The summed E-state index contributed by atoms with van der Waals surface area (Å²) in [5, 5.41) is 2.35. The lowest BCUT2D eigenvalue weighted by Crippen LogP contribution is -1.78. The number of hydrogen-bond donors (Lipinski definition) is 0. The van der Waals surface area contributed by atoms with Gasteiger partial charge < -0.3 is 0 Å². The Balaban J connectivity index is 2.85. The normalized spacial score (nSPS) is 11.0. The fraction of sp³-hybridized carbons (Fsp3) is 0.111. The van der Waals surface area contributed by atoms with Gasteiger partial charge in [-0.05, 0) is 41.0 Å². The quantitative estimate of drug-likeness (QED) is 0.555. The monoisotopic (exact) mass is 324 g/mol. The summed E-state index contributed by atoms with van der Waals surface area (Å²) in [6.45, 7) is 0. The molecule has 1 heterocycles. The molecule has 0 N–H and O–H groups in total. The van der Waals surface area contributed by atoms with Crippen molar-refractivity contribution in [3.8, 4) is 0 Å². The first-order valence-corrected chi connectivity index (χ1v) is 6.81. The maximum Gasteiger partial charge on any atom is 0.142 e. The van der Waals surface area contributed by atoms with Crippen LogP contribution in [0.4, 0.5) is 4.39 Å². The molecule has 0 aliphatic heterocycles. The zero-order chi connectivity index (χ0) is 9.42. The van der Waals surface area contributed by atoms with Gasteiger partial charge in [0.15, 0.2) is 0 Å². The average molecular weight is 324 g/mol. The number of fused-ring (bicyclic) bond motifs is 1. The van der Waals surface area contributed by atoms with Crippen LogP contribution in [0.2, 0.25) is 0 Å². The van der Waals surface area contributed by atoms with Gasteiger partial charge in [-0.25, -0.2) is 4.39 Å². The number of benzene rings is 1. The Morgan fingerprint density at radius 2 is 2.23 bits per heavy atom. The third-order valence-corrected chi connectivity index (χ3v) is 4.06. The lowest BCUT2D eigenvalue weighted by molar-refractivity contribution is 0.642. The van der Waals surface area contributed by atoms with Gasteiger partial charge in [-0.2, -0.15) is 0 Å². The molecular weight excluding hydrogens is 318 g/mol. The van der Waals surface area contributed by atoms with Crippen LogP contribution in [0.3, 0.4) is 0 Å². The maximum atomic E-state index is 13.3. The Morgan fingerprint density at radius 1 is 1.46 bits per heavy atom. The molecule has 0 unspecified atom stereocenters. The molecule has 4 heteroatoms. The van der Waals surface area contributed by atoms with Crippen molar-refractivity contribution in [3.63, 3.8) is 0 Å². The second-order valence-electron chi connectivity index (χ2n) is 2.56. The van der Waals surface area contributed by atoms with Gasteiger partial charge in [-0.1, -0.05) is 0 Å². The summed E-state index contributed by atoms with van der Waals surface area (Å²) in [4.78, 5) is 1.03. The second-order valence-corrected chi connectivity index (χ2v) is 5.57. The Bertz CT molecular complexity index is 450. The predicted octanol–water partition coefficient (Wildman–Crippen LogP) is 4.37. The van der Waals surface area contributed by atoms with Gasteiger partial charge in [0, 0.05) is 23.9 Å². The Hall–Kier alpha value is 0.190. The summed E-state index contributed by atoms with van der Waals surface area (Å²) >= 11 is 5.31. The van der Waals surface area contributed by atoms with Gasteiger partial charge >= 0.3 is 0 Å². The summed E-state index contributed by atoms with van der Waals surface area (Å²) in [6, 6.07) is 4.03. The lowest BCUT2D eigenvalue weighted by Gasteiger charge is -2.00. The van der Waals surface area contributed by atoms with Crippen LogP contribution in [0.15, 0.2) is 22.4 Å². The molecule has 0 aliphatic carbocycles. The molecule has 0 nitrogen and oxygen atoms in total. The van der Waals surface area contributed by atoms with Crippen LogP contribution >= 0.6 is 45.7 Å². The van der Waals surface area contributed by atoms with E-state index < -0.39 is 0 Å². The van der Waals surface area contributed by atoms with E-state index in [2.05, 4.69) is 22.6 Å². The molecule has 0 bridgehead atoms. The van der Waals surface area contributed by atoms with E-state index in [4.69, 9.17) is 0 Å². The van der Waals surface area contributed by atoms with Crippen LogP contribution in [0, 0.1) is 9.39 Å². The van der Waals surface area contributed by atoms with Crippen LogP contribution in [0.25, 0.3) is 10.1 Å². The Kier molecular flexibility index (Phi) is 2.80. The lowest BCUT2D eigenvalue weighted by atomic mass is 10.2. The van der Waals surface area contributed by atoms with Crippen LogP contribution in [-0.4, -0.2) is 6.26 Å². The zero-order valence-electron chi connectivity index (χ0n) is 6.80. The van der Waals surface area contributed by atoms with Crippen molar-refractivity contribution in [1.82, 2.24) is 0 Å². The van der Waals surface area contributed by atoms with Gasteiger partial charge in [0.2, 0.25) is 0 Å². The summed E-state index contributed by atoms with van der Waals surface area (Å²) in [5.74, 6) is -0.0965. The smallest absolute Gasteiger partial charge is 0.142 e. The molecule has 0 saturated carbocycles. The van der Waals surface area contributed by atoms with Crippen molar-refractivity contribution in [3.05, 3.63) is 26.9 Å². The van der Waals surface area contributed by atoms with Crippen molar-refractivity contribution in [2.45, 2.75) is 4.90 Å². The van der Waals surface area contributed by atoms with E-state index in [-0.39, 0.29) is 5.82 Å². The van der Waals surface area contributed by atoms with Crippen molar-refractivity contribution in [2.24, 2.45) is 0 Å². The van der Waals surface area contributed by atoms with Crippen LogP contribution in [0.1, 0.15) is 0 Å². The van der Waals surface area contributed by atoms with Crippen LogP contribution < -0.4 is 0 Å². The van der Waals surface area contributed by atoms with Crippen molar-refractivity contribution >= 4 is 55.8 Å². The number of hydrogen-bond acceptors (Lipinski definition) is 2. The van der Waals surface area contributed by atoms with Gasteiger partial charge in [0.1, 0.15) is 5.82 Å². The van der Waals surface area contributed by atoms with Gasteiger partial charge in [0.25, 0.3) is 0 Å². The molecule has 0 saturated heterocycles. The first kappa shape index (κ1) is 9.73. The first-order valence-electron chi connectivity index (χ1n) is 3.62. The molecule has 0 spiro atoms. The molecule has 68 valence electrons.